The van der Waals surface area contributed by atoms with Gasteiger partial charge >= 0.3 is 18.9 Å². The molecule has 1 heterocycles. The summed E-state index contributed by atoms with van der Waals surface area (Å²) in [5, 5.41) is 11.4. The minimum absolute atomic E-state index is 0. The SMILES string of the molecule is O=P(c1ccccc1)(c1ccccc1)c1ncccc1O.[LiH]. The molecule has 0 fully saturated rings. The number of aromatic nitrogens is 1. The van der Waals surface area contributed by atoms with Crippen molar-refractivity contribution in [2.45, 2.75) is 0 Å². The van der Waals surface area contributed by atoms with Gasteiger partial charge in [-0.3, -0.25) is 0 Å². The molecule has 1 N–H and O–H groups in total. The van der Waals surface area contributed by atoms with Crippen LogP contribution in [0.15, 0.2) is 79.0 Å². The fourth-order valence-corrected chi connectivity index (χ4v) is 4.90. The van der Waals surface area contributed by atoms with Crippen LogP contribution in [0, 0.1) is 0 Å². The monoisotopic (exact) mass is 303 g/mol. The van der Waals surface area contributed by atoms with E-state index in [1.54, 1.807) is 12.3 Å². The van der Waals surface area contributed by atoms with Crippen LogP contribution in [-0.4, -0.2) is 29.0 Å². The number of hydrogen-bond donors (Lipinski definition) is 1. The molecule has 22 heavy (non-hydrogen) atoms. The third-order valence-corrected chi connectivity index (χ3v) is 6.30. The quantitative estimate of drug-likeness (QED) is 0.593. The van der Waals surface area contributed by atoms with Crippen molar-refractivity contribution >= 4 is 42.0 Å². The van der Waals surface area contributed by atoms with Gasteiger partial charge in [-0.25, -0.2) is 4.98 Å². The van der Waals surface area contributed by atoms with Gasteiger partial charge in [0.05, 0.1) is 0 Å². The molecule has 3 aromatic rings. The minimum atomic E-state index is -3.18. The molecule has 3 nitrogen and oxygen atoms in total. The summed E-state index contributed by atoms with van der Waals surface area (Å²) in [5.41, 5.74) is 0.224. The first-order valence-corrected chi connectivity index (χ1v) is 8.29. The molecule has 0 saturated heterocycles. The van der Waals surface area contributed by atoms with Gasteiger partial charge in [0.1, 0.15) is 11.2 Å². The Kier molecular flexibility index (Phi) is 5.27. The molecule has 0 aliphatic rings. The summed E-state index contributed by atoms with van der Waals surface area (Å²) in [6.45, 7) is 0. The van der Waals surface area contributed by atoms with Crippen molar-refractivity contribution in [3.8, 4) is 5.75 Å². The Morgan fingerprint density at radius 2 is 1.27 bits per heavy atom. The average Bonchev–Trinajstić information content (AvgIpc) is 2.56. The zero-order valence-electron chi connectivity index (χ0n) is 11.3. The first kappa shape index (κ1) is 16.6. The van der Waals surface area contributed by atoms with E-state index in [1.807, 2.05) is 60.7 Å². The molecule has 0 saturated carbocycles. The third-order valence-electron chi connectivity index (χ3n) is 3.30. The van der Waals surface area contributed by atoms with Crippen molar-refractivity contribution in [1.29, 1.82) is 0 Å². The molecular formula is C17H15LiNO2P. The molecule has 0 amide bonds. The number of pyridine rings is 1. The second-order valence-corrected chi connectivity index (χ2v) is 7.30. The Hall–Kier alpha value is -1.78. The normalized spacial score (nSPS) is 10.7. The van der Waals surface area contributed by atoms with Gasteiger partial charge in [0.25, 0.3) is 0 Å². The van der Waals surface area contributed by atoms with Crippen LogP contribution >= 0.6 is 7.14 Å². The molecular weight excluding hydrogens is 288 g/mol. The van der Waals surface area contributed by atoms with Crippen molar-refractivity contribution in [3.63, 3.8) is 0 Å². The van der Waals surface area contributed by atoms with Crippen molar-refractivity contribution in [2.24, 2.45) is 0 Å². The Balaban J connectivity index is 0.00000176. The fraction of sp³-hybridized carbons (Fsp3) is 0. The van der Waals surface area contributed by atoms with Gasteiger partial charge in [-0.05, 0) is 12.1 Å². The van der Waals surface area contributed by atoms with Gasteiger partial charge < -0.3 is 9.67 Å². The van der Waals surface area contributed by atoms with Gasteiger partial charge in [-0.15, -0.1) is 0 Å². The predicted molar refractivity (Wildman–Crippen MR) is 92.4 cm³/mol. The second kappa shape index (κ2) is 6.98. The van der Waals surface area contributed by atoms with Gasteiger partial charge in [0.15, 0.2) is 7.14 Å². The van der Waals surface area contributed by atoms with Crippen LogP contribution in [0.2, 0.25) is 0 Å². The fourth-order valence-electron chi connectivity index (χ4n) is 2.30. The number of nitrogens with zero attached hydrogens (tertiary/aromatic N) is 1. The van der Waals surface area contributed by atoms with Crippen LogP contribution < -0.4 is 16.0 Å². The van der Waals surface area contributed by atoms with E-state index in [2.05, 4.69) is 4.98 Å². The van der Waals surface area contributed by atoms with E-state index in [0.29, 0.717) is 10.6 Å². The number of rotatable bonds is 3. The number of hydrogen-bond acceptors (Lipinski definition) is 3. The number of benzene rings is 2. The maximum absolute atomic E-state index is 13.8. The molecule has 2 aromatic carbocycles. The zero-order valence-corrected chi connectivity index (χ0v) is 12.1. The summed E-state index contributed by atoms with van der Waals surface area (Å²) < 4.78 is 13.8. The van der Waals surface area contributed by atoms with Crippen molar-refractivity contribution in [1.82, 2.24) is 4.98 Å². The van der Waals surface area contributed by atoms with E-state index in [4.69, 9.17) is 0 Å². The second-order valence-electron chi connectivity index (χ2n) is 4.63. The van der Waals surface area contributed by atoms with Gasteiger partial charge in [0.2, 0.25) is 0 Å². The Morgan fingerprint density at radius 1 is 0.773 bits per heavy atom. The molecule has 0 aliphatic carbocycles. The predicted octanol–water partition coefficient (Wildman–Crippen LogP) is 1.78. The molecule has 3 rings (SSSR count). The van der Waals surface area contributed by atoms with Crippen LogP contribution in [0.5, 0.6) is 5.75 Å². The summed E-state index contributed by atoms with van der Waals surface area (Å²) in [7, 11) is -3.18. The molecule has 5 heteroatoms. The van der Waals surface area contributed by atoms with Crippen molar-refractivity contribution < 1.29 is 9.67 Å². The van der Waals surface area contributed by atoms with E-state index in [-0.39, 0.29) is 30.0 Å². The zero-order chi connectivity index (χ0) is 14.7. The van der Waals surface area contributed by atoms with Gasteiger partial charge in [-0.1, -0.05) is 60.7 Å². The summed E-state index contributed by atoms with van der Waals surface area (Å²) in [5.74, 6) is -0.0476. The van der Waals surface area contributed by atoms with Crippen LogP contribution in [0.3, 0.4) is 0 Å². The first-order valence-electron chi connectivity index (χ1n) is 6.59. The molecule has 0 atom stereocenters. The molecule has 0 spiro atoms. The Bertz CT molecular complexity index is 751. The van der Waals surface area contributed by atoms with Crippen LogP contribution in [0.1, 0.15) is 0 Å². The maximum atomic E-state index is 13.8. The van der Waals surface area contributed by atoms with Crippen molar-refractivity contribution in [3.05, 3.63) is 79.0 Å². The molecule has 106 valence electrons. The molecule has 0 unspecified atom stereocenters. The average molecular weight is 303 g/mol. The Labute approximate surface area is 141 Å². The third kappa shape index (κ3) is 2.89. The number of aromatic hydroxyl groups is 1. The van der Waals surface area contributed by atoms with E-state index in [0.717, 1.165) is 0 Å². The molecule has 0 bridgehead atoms. The van der Waals surface area contributed by atoms with E-state index >= 15 is 0 Å². The van der Waals surface area contributed by atoms with Crippen LogP contribution in [-0.2, 0) is 4.57 Å². The molecule has 0 aliphatic heterocycles. The molecule has 0 radical (unpaired) electrons. The summed E-state index contributed by atoms with van der Waals surface area (Å²) in [6.07, 6.45) is 1.55. The van der Waals surface area contributed by atoms with Crippen molar-refractivity contribution in [2.75, 3.05) is 0 Å². The summed E-state index contributed by atoms with van der Waals surface area (Å²) in [6, 6.07) is 21.5. The van der Waals surface area contributed by atoms with Crippen LogP contribution in [0.25, 0.3) is 0 Å². The van der Waals surface area contributed by atoms with E-state index < -0.39 is 7.14 Å². The van der Waals surface area contributed by atoms with Gasteiger partial charge in [0, 0.05) is 16.8 Å². The van der Waals surface area contributed by atoms with E-state index in [1.165, 1.54) is 6.07 Å². The first-order chi connectivity index (χ1) is 10.2. The standard InChI is InChI=1S/C17H14NO2P.Li.H/c19-16-12-7-13-18-17(16)21(20,14-8-3-1-4-9-14)15-10-5-2-6-11-15;;/h1-13,19H;;. The summed E-state index contributed by atoms with van der Waals surface area (Å²) in [4.78, 5) is 4.19. The molecule has 1 aromatic heterocycles. The Morgan fingerprint density at radius 3 is 1.73 bits per heavy atom. The topological polar surface area (TPSA) is 50.2 Å². The summed E-state index contributed by atoms with van der Waals surface area (Å²) >= 11 is 0. The van der Waals surface area contributed by atoms with E-state index in [9.17, 15) is 9.67 Å². The van der Waals surface area contributed by atoms with Gasteiger partial charge in [-0.2, -0.15) is 0 Å². The van der Waals surface area contributed by atoms with Crippen LogP contribution in [0.4, 0.5) is 0 Å².